The summed E-state index contributed by atoms with van der Waals surface area (Å²) in [6.07, 6.45) is 0.933. The lowest BCUT2D eigenvalue weighted by atomic mass is 9.89. The first-order chi connectivity index (χ1) is 9.67. The molecule has 2 aromatic carbocycles. The average Bonchev–Trinajstić information content (AvgIpc) is 2.48. The maximum Gasteiger partial charge on any atom is 0.0842 e. The van der Waals surface area contributed by atoms with Gasteiger partial charge in [0.15, 0.2) is 0 Å². The fourth-order valence-electron chi connectivity index (χ4n) is 2.90. The third-order valence-corrected chi connectivity index (χ3v) is 4.23. The van der Waals surface area contributed by atoms with Crippen molar-refractivity contribution < 1.29 is 10.2 Å². The summed E-state index contributed by atoms with van der Waals surface area (Å²) in [5, 5.41) is 22.9. The van der Waals surface area contributed by atoms with Crippen LogP contribution in [0.25, 0.3) is 10.8 Å². The molecular formula is C18H24O2. The van der Waals surface area contributed by atoms with Crippen molar-refractivity contribution in [1.82, 2.24) is 0 Å². The molecule has 0 saturated heterocycles. The molecule has 2 atom stereocenters. The lowest BCUT2D eigenvalue weighted by Crippen LogP contribution is -2.34. The summed E-state index contributed by atoms with van der Waals surface area (Å²) < 4.78 is 0. The van der Waals surface area contributed by atoms with E-state index < -0.39 is 12.2 Å². The molecule has 108 valence electrons. The van der Waals surface area contributed by atoms with E-state index in [0.29, 0.717) is 6.42 Å². The minimum atomic E-state index is -0.703. The zero-order valence-electron chi connectivity index (χ0n) is 12.3. The zero-order valence-corrected chi connectivity index (χ0v) is 12.3. The molecule has 0 aliphatic rings. The molecule has 0 amide bonds. The predicted molar refractivity (Wildman–Crippen MR) is 83.7 cm³/mol. The van der Waals surface area contributed by atoms with Crippen molar-refractivity contribution in [3.05, 3.63) is 48.0 Å². The Hall–Kier alpha value is -1.38. The van der Waals surface area contributed by atoms with Crippen LogP contribution in [0, 0.1) is 5.92 Å². The Labute approximate surface area is 121 Å². The normalized spacial score (nSPS) is 14.7. The quantitative estimate of drug-likeness (QED) is 0.844. The molecular weight excluding hydrogens is 248 g/mol. The molecule has 0 radical (unpaired) electrons. The van der Waals surface area contributed by atoms with E-state index >= 15 is 0 Å². The van der Waals surface area contributed by atoms with E-state index in [1.807, 2.05) is 24.3 Å². The van der Waals surface area contributed by atoms with Crippen molar-refractivity contribution in [2.75, 3.05) is 0 Å². The van der Waals surface area contributed by atoms with E-state index in [4.69, 9.17) is 0 Å². The Kier molecular flexibility index (Phi) is 5.16. The molecule has 0 bridgehead atoms. The summed E-state index contributed by atoms with van der Waals surface area (Å²) in [5.74, 6) is 0.167. The fraction of sp³-hybridized carbons (Fsp3) is 0.444. The summed E-state index contributed by atoms with van der Waals surface area (Å²) in [7, 11) is 0. The number of benzene rings is 2. The first kappa shape index (κ1) is 15.0. The molecule has 0 saturated carbocycles. The molecule has 0 fully saturated rings. The molecule has 2 rings (SSSR count). The van der Waals surface area contributed by atoms with Crippen LogP contribution in [0.4, 0.5) is 0 Å². The van der Waals surface area contributed by atoms with Crippen molar-refractivity contribution in [3.8, 4) is 0 Å². The van der Waals surface area contributed by atoms with Crippen LogP contribution in [0.3, 0.4) is 0 Å². The molecule has 2 heteroatoms. The summed E-state index contributed by atoms with van der Waals surface area (Å²) in [4.78, 5) is 0. The van der Waals surface area contributed by atoms with Crippen LogP contribution in [0.2, 0.25) is 0 Å². The maximum absolute atomic E-state index is 10.3. The first-order valence-corrected chi connectivity index (χ1v) is 7.50. The molecule has 2 nitrogen and oxygen atoms in total. The van der Waals surface area contributed by atoms with Gasteiger partial charge < -0.3 is 10.2 Å². The fourth-order valence-corrected chi connectivity index (χ4v) is 2.90. The standard InChI is InChI=1S/C18H24O2/c1-3-13(4-2)18(20)17(19)12-15-10-7-9-14-8-5-6-11-16(14)15/h5-11,13,17-20H,3-4,12H2,1-2H3. The van der Waals surface area contributed by atoms with Crippen molar-refractivity contribution in [2.24, 2.45) is 5.92 Å². The topological polar surface area (TPSA) is 40.5 Å². The second-order valence-electron chi connectivity index (χ2n) is 5.48. The number of aliphatic hydroxyl groups is 2. The van der Waals surface area contributed by atoms with Crippen LogP contribution in [-0.2, 0) is 6.42 Å². The highest BCUT2D eigenvalue weighted by molar-refractivity contribution is 5.85. The minimum absolute atomic E-state index is 0.167. The van der Waals surface area contributed by atoms with E-state index in [-0.39, 0.29) is 5.92 Å². The van der Waals surface area contributed by atoms with Gasteiger partial charge in [0.1, 0.15) is 0 Å². The van der Waals surface area contributed by atoms with Gasteiger partial charge in [-0.2, -0.15) is 0 Å². The molecule has 2 unspecified atom stereocenters. The summed E-state index contributed by atoms with van der Waals surface area (Å²) in [5.41, 5.74) is 1.10. The second-order valence-corrected chi connectivity index (χ2v) is 5.48. The monoisotopic (exact) mass is 272 g/mol. The van der Waals surface area contributed by atoms with Crippen LogP contribution in [-0.4, -0.2) is 22.4 Å². The molecule has 0 spiro atoms. The Morgan fingerprint density at radius 2 is 1.55 bits per heavy atom. The largest absolute Gasteiger partial charge is 0.390 e. The average molecular weight is 272 g/mol. The Bertz CT molecular complexity index is 541. The number of aliphatic hydroxyl groups excluding tert-OH is 2. The van der Waals surface area contributed by atoms with Gasteiger partial charge in [-0.1, -0.05) is 69.2 Å². The number of fused-ring (bicyclic) bond motifs is 1. The molecule has 0 aliphatic heterocycles. The highest BCUT2D eigenvalue weighted by Gasteiger charge is 2.24. The Morgan fingerprint density at radius 1 is 0.900 bits per heavy atom. The number of hydrogen-bond acceptors (Lipinski definition) is 2. The van der Waals surface area contributed by atoms with Crippen LogP contribution >= 0.6 is 0 Å². The summed E-state index contributed by atoms with van der Waals surface area (Å²) >= 11 is 0. The highest BCUT2D eigenvalue weighted by atomic mass is 16.3. The van der Waals surface area contributed by atoms with E-state index in [1.54, 1.807) is 0 Å². The summed E-state index contributed by atoms with van der Waals surface area (Å²) in [6.45, 7) is 4.12. The molecule has 20 heavy (non-hydrogen) atoms. The van der Waals surface area contributed by atoms with E-state index in [1.165, 1.54) is 5.39 Å². The highest BCUT2D eigenvalue weighted by Crippen LogP contribution is 2.23. The molecule has 0 aromatic heterocycles. The zero-order chi connectivity index (χ0) is 14.5. The van der Waals surface area contributed by atoms with Crippen molar-refractivity contribution in [1.29, 1.82) is 0 Å². The van der Waals surface area contributed by atoms with Gasteiger partial charge in [-0.15, -0.1) is 0 Å². The first-order valence-electron chi connectivity index (χ1n) is 7.50. The molecule has 2 N–H and O–H groups in total. The number of hydrogen-bond donors (Lipinski definition) is 2. The van der Waals surface area contributed by atoms with Crippen molar-refractivity contribution in [2.45, 2.75) is 45.3 Å². The van der Waals surface area contributed by atoms with Crippen molar-refractivity contribution in [3.63, 3.8) is 0 Å². The van der Waals surface area contributed by atoms with Crippen molar-refractivity contribution >= 4 is 10.8 Å². The molecule has 0 heterocycles. The lowest BCUT2D eigenvalue weighted by Gasteiger charge is -2.25. The van der Waals surface area contributed by atoms with Gasteiger partial charge in [0, 0.05) is 6.42 Å². The Morgan fingerprint density at radius 3 is 2.25 bits per heavy atom. The van der Waals surface area contributed by atoms with Gasteiger partial charge >= 0.3 is 0 Å². The van der Waals surface area contributed by atoms with E-state index in [9.17, 15) is 10.2 Å². The second kappa shape index (κ2) is 6.87. The SMILES string of the molecule is CCC(CC)C(O)C(O)Cc1cccc2ccccc12. The van der Waals surface area contributed by atoms with Gasteiger partial charge in [0.05, 0.1) is 12.2 Å². The third kappa shape index (κ3) is 3.20. The predicted octanol–water partition coefficient (Wildman–Crippen LogP) is 3.54. The van der Waals surface area contributed by atoms with E-state index in [2.05, 4.69) is 32.0 Å². The van der Waals surface area contributed by atoms with Crippen LogP contribution < -0.4 is 0 Å². The third-order valence-electron chi connectivity index (χ3n) is 4.23. The number of rotatable bonds is 6. The lowest BCUT2D eigenvalue weighted by molar-refractivity contribution is -0.0186. The van der Waals surface area contributed by atoms with Crippen LogP contribution in [0.1, 0.15) is 32.3 Å². The minimum Gasteiger partial charge on any atom is -0.390 e. The smallest absolute Gasteiger partial charge is 0.0842 e. The van der Waals surface area contributed by atoms with Gasteiger partial charge in [0.25, 0.3) is 0 Å². The Balaban J connectivity index is 2.19. The van der Waals surface area contributed by atoms with Gasteiger partial charge in [-0.05, 0) is 22.3 Å². The summed E-state index contributed by atoms with van der Waals surface area (Å²) in [6, 6.07) is 14.3. The van der Waals surface area contributed by atoms with Gasteiger partial charge in [0.2, 0.25) is 0 Å². The van der Waals surface area contributed by atoms with Gasteiger partial charge in [-0.3, -0.25) is 0 Å². The maximum atomic E-state index is 10.3. The molecule has 0 aliphatic carbocycles. The molecule has 2 aromatic rings. The van der Waals surface area contributed by atoms with E-state index in [0.717, 1.165) is 23.8 Å². The van der Waals surface area contributed by atoms with Crippen LogP contribution in [0.5, 0.6) is 0 Å². The van der Waals surface area contributed by atoms with Crippen LogP contribution in [0.15, 0.2) is 42.5 Å². The van der Waals surface area contributed by atoms with Gasteiger partial charge in [-0.25, -0.2) is 0 Å².